The summed E-state index contributed by atoms with van der Waals surface area (Å²) in [4.78, 5) is 68.2. The lowest BCUT2D eigenvalue weighted by Crippen LogP contribution is -2.57. The number of hydrogen-bond donors (Lipinski definition) is 2. The van der Waals surface area contributed by atoms with E-state index in [-0.39, 0.29) is 23.9 Å². The van der Waals surface area contributed by atoms with E-state index in [4.69, 9.17) is 0 Å². The Morgan fingerprint density at radius 2 is 0.781 bits per heavy atom. The van der Waals surface area contributed by atoms with Gasteiger partial charge in [-0.3, -0.25) is 9.59 Å². The molecule has 12 nitrogen and oxygen atoms in total. The highest BCUT2D eigenvalue weighted by Gasteiger charge is 2.31. The SMILES string of the molecule is CN1CCN(C(=O)C(Cc2ccccc2)NC(=O)N(CCSSCCN(CCc2ccccc2)C(=O)NC(Cc2ccccc2)C(=O)N2CCN(C)CC2)CCc2ccccc2)CC1. The maximum Gasteiger partial charge on any atom is 0.318 e. The van der Waals surface area contributed by atoms with E-state index in [1.807, 2.05) is 117 Å². The maximum absolute atomic E-state index is 14.2. The minimum atomic E-state index is -0.684. The fraction of sp³-hybridized carbons (Fsp3) is 0.440. The number of benzene rings is 4. The third-order valence-corrected chi connectivity index (χ3v) is 14.3. The van der Waals surface area contributed by atoms with Gasteiger partial charge in [0, 0.05) is 103 Å². The number of amides is 6. The van der Waals surface area contributed by atoms with Gasteiger partial charge in [-0.1, -0.05) is 143 Å². The summed E-state index contributed by atoms with van der Waals surface area (Å²) in [7, 11) is 7.47. The Hall–Kier alpha value is -5.02. The number of carbonyl (C=O) groups is 4. The fourth-order valence-electron chi connectivity index (χ4n) is 7.93. The van der Waals surface area contributed by atoms with Crippen LogP contribution in [0, 0.1) is 0 Å². The Bertz CT molecular complexity index is 1860. The van der Waals surface area contributed by atoms with Crippen molar-refractivity contribution in [3.8, 4) is 0 Å². The molecule has 0 radical (unpaired) electrons. The predicted octanol–water partition coefficient (Wildman–Crippen LogP) is 5.65. The number of likely N-dealkylation sites (N-methyl/N-ethyl adjacent to an activating group) is 2. The summed E-state index contributed by atoms with van der Waals surface area (Å²) in [5, 5.41) is 6.33. The fourth-order valence-corrected chi connectivity index (χ4v) is 9.91. The van der Waals surface area contributed by atoms with E-state index in [0.717, 1.165) is 48.4 Å². The minimum Gasteiger partial charge on any atom is -0.338 e. The second kappa shape index (κ2) is 26.1. The Labute approximate surface area is 388 Å². The molecule has 0 bridgehead atoms. The van der Waals surface area contributed by atoms with Gasteiger partial charge in [-0.15, -0.1) is 0 Å². The van der Waals surface area contributed by atoms with Crippen molar-refractivity contribution >= 4 is 45.5 Å². The molecule has 6 rings (SSSR count). The highest BCUT2D eigenvalue weighted by Crippen LogP contribution is 2.22. The molecule has 4 aromatic carbocycles. The maximum atomic E-state index is 14.2. The Morgan fingerprint density at radius 3 is 1.11 bits per heavy atom. The molecule has 2 unspecified atom stereocenters. The van der Waals surface area contributed by atoms with E-state index in [0.29, 0.717) is 89.5 Å². The lowest BCUT2D eigenvalue weighted by atomic mass is 10.0. The van der Waals surface area contributed by atoms with Gasteiger partial charge >= 0.3 is 12.1 Å². The van der Waals surface area contributed by atoms with Crippen LogP contribution in [-0.2, 0) is 35.3 Å². The molecule has 2 aliphatic heterocycles. The first-order chi connectivity index (χ1) is 31.2. The summed E-state index contributed by atoms with van der Waals surface area (Å²) in [6.07, 6.45) is 2.21. The second-order valence-electron chi connectivity index (χ2n) is 16.7. The van der Waals surface area contributed by atoms with Crippen molar-refractivity contribution < 1.29 is 19.2 Å². The van der Waals surface area contributed by atoms with Gasteiger partial charge in [-0.25, -0.2) is 9.59 Å². The summed E-state index contributed by atoms with van der Waals surface area (Å²) < 4.78 is 0. The number of rotatable bonds is 21. The van der Waals surface area contributed by atoms with Crippen LogP contribution in [0.3, 0.4) is 0 Å². The molecule has 2 N–H and O–H groups in total. The molecular formula is C50H66N8O4S2. The molecule has 64 heavy (non-hydrogen) atoms. The highest BCUT2D eigenvalue weighted by molar-refractivity contribution is 8.76. The quantitative estimate of drug-likeness (QED) is 0.0817. The third-order valence-electron chi connectivity index (χ3n) is 12.0. The molecular weight excluding hydrogens is 841 g/mol. The number of piperazine rings is 2. The zero-order chi connectivity index (χ0) is 44.9. The van der Waals surface area contributed by atoms with Gasteiger partial charge in [0.1, 0.15) is 12.1 Å². The van der Waals surface area contributed by atoms with Crippen molar-refractivity contribution in [3.63, 3.8) is 0 Å². The standard InChI is InChI=1S/C50H66N8O4S2/c1-53-27-31-55(32-28-53)47(59)45(39-43-19-11-5-12-20-43)51-49(61)57(25-23-41-15-7-3-8-16-41)35-37-63-64-38-36-58(26-24-42-17-9-4-10-18-42)50(62)52-46(40-44-21-13-6-14-22-44)48(60)56-33-29-54(2)30-34-56/h3-22,45-46H,23-40H2,1-2H3,(H,51,61)(H,52,62). The summed E-state index contributed by atoms with van der Waals surface area (Å²) >= 11 is 0. The average Bonchev–Trinajstić information content (AvgIpc) is 3.32. The Balaban J connectivity index is 1.08. The topological polar surface area (TPSA) is 112 Å². The van der Waals surface area contributed by atoms with Crippen LogP contribution < -0.4 is 10.6 Å². The number of hydrogen-bond acceptors (Lipinski definition) is 8. The van der Waals surface area contributed by atoms with E-state index in [1.165, 1.54) is 0 Å². The van der Waals surface area contributed by atoms with Gasteiger partial charge in [0.05, 0.1) is 0 Å². The van der Waals surface area contributed by atoms with E-state index in [1.54, 1.807) is 21.6 Å². The first kappa shape index (κ1) is 48.4. The average molecular weight is 907 g/mol. The Morgan fingerprint density at radius 1 is 0.469 bits per heavy atom. The van der Waals surface area contributed by atoms with Crippen LogP contribution in [-0.4, -0.2) is 169 Å². The molecule has 0 saturated carbocycles. The summed E-state index contributed by atoms with van der Waals surface area (Å²) in [5.41, 5.74) is 4.28. The second-order valence-corrected chi connectivity index (χ2v) is 19.4. The monoisotopic (exact) mass is 906 g/mol. The first-order valence-electron chi connectivity index (χ1n) is 22.7. The molecule has 2 fully saturated rings. The highest BCUT2D eigenvalue weighted by atomic mass is 33.1. The molecule has 4 aromatic rings. The summed E-state index contributed by atoms with van der Waals surface area (Å²) in [6, 6.07) is 38.2. The van der Waals surface area contributed by atoms with Crippen LogP contribution >= 0.6 is 21.6 Å². The smallest absolute Gasteiger partial charge is 0.318 e. The van der Waals surface area contributed by atoms with Crippen molar-refractivity contribution in [2.75, 3.05) is 104 Å². The molecule has 2 aliphatic rings. The molecule has 342 valence electrons. The molecule has 0 spiro atoms. The number of carbonyl (C=O) groups excluding carboxylic acids is 4. The molecule has 0 aliphatic carbocycles. The normalized spacial score (nSPS) is 15.5. The summed E-state index contributed by atoms with van der Waals surface area (Å²) in [6.45, 7) is 7.74. The third kappa shape index (κ3) is 15.9. The number of nitrogens with one attached hydrogen (secondary N) is 2. The van der Waals surface area contributed by atoms with Crippen molar-refractivity contribution in [1.82, 2.24) is 40.0 Å². The first-order valence-corrected chi connectivity index (χ1v) is 25.2. The van der Waals surface area contributed by atoms with E-state index < -0.39 is 12.1 Å². The van der Waals surface area contributed by atoms with Crippen LogP contribution in [0.1, 0.15) is 22.3 Å². The van der Waals surface area contributed by atoms with Crippen LogP contribution in [0.15, 0.2) is 121 Å². The zero-order valence-electron chi connectivity index (χ0n) is 37.6. The van der Waals surface area contributed by atoms with Crippen LogP contribution in [0.5, 0.6) is 0 Å². The van der Waals surface area contributed by atoms with E-state index in [2.05, 4.69) is 58.8 Å². The molecule has 14 heteroatoms. The number of urea groups is 2. The summed E-state index contributed by atoms with van der Waals surface area (Å²) in [5.74, 6) is 1.23. The van der Waals surface area contributed by atoms with Gasteiger partial charge in [-0.05, 0) is 49.2 Å². The zero-order valence-corrected chi connectivity index (χ0v) is 39.2. The van der Waals surface area contributed by atoms with Gasteiger partial charge in [0.25, 0.3) is 0 Å². The molecule has 2 heterocycles. The lowest BCUT2D eigenvalue weighted by molar-refractivity contribution is -0.135. The van der Waals surface area contributed by atoms with Crippen LogP contribution in [0.2, 0.25) is 0 Å². The van der Waals surface area contributed by atoms with Crippen molar-refractivity contribution in [2.24, 2.45) is 0 Å². The number of nitrogens with zero attached hydrogens (tertiary/aromatic N) is 6. The lowest BCUT2D eigenvalue weighted by Gasteiger charge is -2.35. The van der Waals surface area contributed by atoms with Gasteiger partial charge in [-0.2, -0.15) is 0 Å². The van der Waals surface area contributed by atoms with Crippen LogP contribution in [0.4, 0.5) is 9.59 Å². The van der Waals surface area contributed by atoms with Crippen molar-refractivity contribution in [3.05, 3.63) is 144 Å². The van der Waals surface area contributed by atoms with Crippen molar-refractivity contribution in [2.45, 2.75) is 37.8 Å². The minimum absolute atomic E-state index is 0.0471. The molecule has 2 saturated heterocycles. The largest absolute Gasteiger partial charge is 0.338 e. The van der Waals surface area contributed by atoms with Gasteiger partial charge in [0.15, 0.2) is 0 Å². The molecule has 2 atom stereocenters. The Kier molecular flexibility index (Phi) is 19.7. The van der Waals surface area contributed by atoms with Gasteiger partial charge in [0.2, 0.25) is 11.8 Å². The van der Waals surface area contributed by atoms with E-state index in [9.17, 15) is 19.2 Å². The van der Waals surface area contributed by atoms with Crippen LogP contribution in [0.25, 0.3) is 0 Å². The predicted molar refractivity (Wildman–Crippen MR) is 261 cm³/mol. The molecule has 6 amide bonds. The van der Waals surface area contributed by atoms with E-state index >= 15 is 0 Å². The van der Waals surface area contributed by atoms with Gasteiger partial charge < -0.3 is 40.0 Å². The molecule has 0 aromatic heterocycles. The van der Waals surface area contributed by atoms with Crippen molar-refractivity contribution in [1.29, 1.82) is 0 Å².